The maximum Gasteiger partial charge on any atom is 0.266 e. The summed E-state index contributed by atoms with van der Waals surface area (Å²) >= 11 is 4.77. The van der Waals surface area contributed by atoms with Crippen molar-refractivity contribution in [2.24, 2.45) is 0 Å². The van der Waals surface area contributed by atoms with E-state index in [-0.39, 0.29) is 11.3 Å². The molecule has 0 spiro atoms. The number of pyridine rings is 1. The van der Waals surface area contributed by atoms with Crippen molar-refractivity contribution in [2.75, 3.05) is 6.61 Å². The van der Waals surface area contributed by atoms with Crippen LogP contribution >= 0.6 is 27.3 Å². The molecule has 0 bridgehead atoms. The van der Waals surface area contributed by atoms with Gasteiger partial charge >= 0.3 is 0 Å². The summed E-state index contributed by atoms with van der Waals surface area (Å²) in [6, 6.07) is 0. The van der Waals surface area contributed by atoms with Crippen molar-refractivity contribution in [3.8, 4) is 5.75 Å². The summed E-state index contributed by atoms with van der Waals surface area (Å²) in [4.78, 5) is 26.4. The van der Waals surface area contributed by atoms with Crippen LogP contribution in [0.5, 0.6) is 5.75 Å². The zero-order valence-corrected chi connectivity index (χ0v) is 12.0. The van der Waals surface area contributed by atoms with Gasteiger partial charge < -0.3 is 9.72 Å². The number of Topliss-reactive ketones (excluding diaryl/α,β-unsaturated/α-hetero) is 1. The van der Waals surface area contributed by atoms with Gasteiger partial charge in [-0.25, -0.2) is 0 Å². The van der Waals surface area contributed by atoms with Crippen LogP contribution in [-0.2, 0) is 6.42 Å². The predicted octanol–water partition coefficient (Wildman–Crippen LogP) is 2.88. The monoisotopic (exact) mass is 327 g/mol. The molecular formula is C12H10BrNO3S. The minimum Gasteiger partial charge on any atom is -0.491 e. The lowest BCUT2D eigenvalue weighted by atomic mass is 10.0. The highest BCUT2D eigenvalue weighted by Crippen LogP contribution is 2.43. The van der Waals surface area contributed by atoms with Crippen LogP contribution in [0, 0.1) is 0 Å². The summed E-state index contributed by atoms with van der Waals surface area (Å²) in [5.74, 6) is 0.593. The van der Waals surface area contributed by atoms with Gasteiger partial charge in [0, 0.05) is 12.3 Å². The van der Waals surface area contributed by atoms with Crippen LogP contribution in [0.1, 0.15) is 29.4 Å². The van der Waals surface area contributed by atoms with Crippen molar-refractivity contribution in [3.63, 3.8) is 0 Å². The summed E-state index contributed by atoms with van der Waals surface area (Å²) in [6.07, 6.45) is 1.59. The fraction of sp³-hybridized carbons (Fsp3) is 0.333. The number of hydrogen-bond donors (Lipinski definition) is 1. The number of aryl methyl sites for hydroxylation is 1. The van der Waals surface area contributed by atoms with Gasteiger partial charge in [0.25, 0.3) is 5.56 Å². The average Bonchev–Trinajstić information content (AvgIpc) is 2.53. The van der Waals surface area contributed by atoms with Crippen LogP contribution < -0.4 is 10.3 Å². The molecule has 0 amide bonds. The van der Waals surface area contributed by atoms with Gasteiger partial charge in [0.15, 0.2) is 11.5 Å². The van der Waals surface area contributed by atoms with Crippen LogP contribution in [0.3, 0.4) is 0 Å². The molecule has 0 saturated heterocycles. The number of thiophene rings is 1. The smallest absolute Gasteiger partial charge is 0.266 e. The van der Waals surface area contributed by atoms with E-state index >= 15 is 0 Å². The summed E-state index contributed by atoms with van der Waals surface area (Å²) in [5.41, 5.74) is 1.11. The number of H-pyrrole nitrogens is 1. The van der Waals surface area contributed by atoms with Crippen LogP contribution in [0.25, 0.3) is 10.1 Å². The third-order valence-corrected chi connectivity index (χ3v) is 4.85. The molecule has 0 aliphatic carbocycles. The van der Waals surface area contributed by atoms with E-state index in [4.69, 9.17) is 4.74 Å². The molecule has 3 heterocycles. The molecule has 6 heteroatoms. The fourth-order valence-electron chi connectivity index (χ4n) is 2.30. The molecule has 0 aromatic carbocycles. The molecule has 3 rings (SSSR count). The van der Waals surface area contributed by atoms with Crippen molar-refractivity contribution in [2.45, 2.75) is 19.8 Å². The standard InChI is InChI=1S/C12H10BrNO3S/c1-5(15)8-6-3-2-4-17-9-7(6)10(12(16)14-8)18-11(9)13/h2-4H2,1H3,(H,14,16). The third kappa shape index (κ3) is 1.63. The molecule has 1 N–H and O–H groups in total. The molecule has 2 aromatic heterocycles. The summed E-state index contributed by atoms with van der Waals surface area (Å²) in [6.45, 7) is 2.07. The van der Waals surface area contributed by atoms with Crippen molar-refractivity contribution < 1.29 is 9.53 Å². The van der Waals surface area contributed by atoms with Gasteiger partial charge in [-0.05, 0) is 34.3 Å². The Kier molecular flexibility index (Phi) is 2.79. The lowest BCUT2D eigenvalue weighted by Crippen LogP contribution is -2.14. The number of ketones is 1. The lowest BCUT2D eigenvalue weighted by molar-refractivity contribution is 0.101. The highest BCUT2D eigenvalue weighted by molar-refractivity contribution is 9.11. The van der Waals surface area contributed by atoms with E-state index in [2.05, 4.69) is 20.9 Å². The minimum atomic E-state index is -0.221. The molecule has 18 heavy (non-hydrogen) atoms. The SMILES string of the molecule is CC(=O)c1[nH]c(=O)c2sc(Br)c3c2c1CCCO3. The molecule has 1 aliphatic heterocycles. The summed E-state index contributed by atoms with van der Waals surface area (Å²) in [5, 5.41) is 0.804. The number of rotatable bonds is 1. The highest BCUT2D eigenvalue weighted by Gasteiger charge is 2.24. The van der Waals surface area contributed by atoms with Gasteiger partial charge in [0.2, 0.25) is 0 Å². The van der Waals surface area contributed by atoms with Gasteiger partial charge in [-0.1, -0.05) is 0 Å². The number of aromatic amines is 1. The highest BCUT2D eigenvalue weighted by atomic mass is 79.9. The van der Waals surface area contributed by atoms with E-state index < -0.39 is 0 Å². The van der Waals surface area contributed by atoms with Gasteiger partial charge in [0.05, 0.1) is 12.3 Å². The Morgan fingerprint density at radius 3 is 3.00 bits per heavy atom. The number of hydrogen-bond acceptors (Lipinski definition) is 4. The maximum atomic E-state index is 12.0. The molecule has 4 nitrogen and oxygen atoms in total. The normalized spacial score (nSPS) is 14.3. The minimum absolute atomic E-state index is 0.112. The van der Waals surface area contributed by atoms with Gasteiger partial charge in [0.1, 0.15) is 8.49 Å². The topological polar surface area (TPSA) is 59.2 Å². The first-order valence-corrected chi connectivity index (χ1v) is 7.21. The largest absolute Gasteiger partial charge is 0.491 e. The van der Waals surface area contributed by atoms with Crippen LogP contribution in [0.15, 0.2) is 8.58 Å². The number of aromatic nitrogens is 1. The molecule has 0 atom stereocenters. The second-order valence-electron chi connectivity index (χ2n) is 4.22. The van der Waals surface area contributed by atoms with E-state index in [1.54, 1.807) is 0 Å². The molecule has 2 aromatic rings. The third-order valence-electron chi connectivity index (χ3n) is 3.04. The van der Waals surface area contributed by atoms with Crippen LogP contribution in [0.2, 0.25) is 0 Å². The molecule has 0 fully saturated rings. The second-order valence-corrected chi connectivity index (χ2v) is 6.56. The van der Waals surface area contributed by atoms with E-state index in [1.165, 1.54) is 18.3 Å². The van der Waals surface area contributed by atoms with Gasteiger partial charge in [-0.2, -0.15) is 0 Å². The quantitative estimate of drug-likeness (QED) is 0.819. The van der Waals surface area contributed by atoms with Gasteiger partial charge in [-0.15, -0.1) is 11.3 Å². The van der Waals surface area contributed by atoms with Gasteiger partial charge in [-0.3, -0.25) is 9.59 Å². The Bertz CT molecular complexity index is 716. The molecule has 0 radical (unpaired) electrons. The lowest BCUT2D eigenvalue weighted by Gasteiger charge is -2.06. The first-order valence-electron chi connectivity index (χ1n) is 5.60. The Morgan fingerprint density at radius 2 is 2.28 bits per heavy atom. The summed E-state index contributed by atoms with van der Waals surface area (Å²) < 4.78 is 7.12. The number of halogens is 1. The average molecular weight is 328 g/mol. The van der Waals surface area contributed by atoms with Crippen LogP contribution in [0.4, 0.5) is 0 Å². The van der Waals surface area contributed by atoms with Crippen molar-refractivity contribution in [1.82, 2.24) is 4.98 Å². The van der Waals surface area contributed by atoms with Crippen LogP contribution in [-0.4, -0.2) is 17.4 Å². The number of carbonyl (C=O) groups excluding carboxylic acids is 1. The molecule has 94 valence electrons. The van der Waals surface area contributed by atoms with Crippen molar-refractivity contribution in [3.05, 3.63) is 25.4 Å². The summed E-state index contributed by atoms with van der Waals surface area (Å²) in [7, 11) is 0. The Morgan fingerprint density at radius 1 is 1.50 bits per heavy atom. The van der Waals surface area contributed by atoms with E-state index in [1.807, 2.05) is 0 Å². The van der Waals surface area contributed by atoms with Crippen molar-refractivity contribution >= 4 is 43.1 Å². The zero-order valence-electron chi connectivity index (χ0n) is 9.63. The first kappa shape index (κ1) is 11.9. The first-order chi connectivity index (χ1) is 8.59. The molecular weight excluding hydrogens is 318 g/mol. The van der Waals surface area contributed by atoms with E-state index in [9.17, 15) is 9.59 Å². The fourth-order valence-corrected chi connectivity index (χ4v) is 3.99. The van der Waals surface area contributed by atoms with E-state index in [0.717, 1.165) is 27.6 Å². The second kappa shape index (κ2) is 4.20. The number of carbonyl (C=O) groups is 1. The Hall–Kier alpha value is -1.14. The Balaban J connectivity index is 2.51. The molecule has 0 saturated carbocycles. The van der Waals surface area contributed by atoms with Crippen molar-refractivity contribution in [1.29, 1.82) is 0 Å². The Labute approximate surface area is 115 Å². The number of nitrogens with one attached hydrogen (secondary N) is 1. The van der Waals surface area contributed by atoms with E-state index in [0.29, 0.717) is 22.8 Å². The predicted molar refractivity (Wildman–Crippen MR) is 74.0 cm³/mol. The molecule has 1 aliphatic rings. The molecule has 0 unspecified atom stereocenters. The number of ether oxygens (including phenoxy) is 1. The zero-order chi connectivity index (χ0) is 12.9. The maximum absolute atomic E-state index is 12.0.